The summed E-state index contributed by atoms with van der Waals surface area (Å²) in [5.41, 5.74) is 0.726. The monoisotopic (exact) mass is 400 g/mol. The van der Waals surface area contributed by atoms with Crippen LogP contribution in [-0.2, 0) is 13.0 Å². The van der Waals surface area contributed by atoms with E-state index >= 15 is 0 Å². The molecule has 0 aliphatic heterocycles. The van der Waals surface area contributed by atoms with Crippen LogP contribution in [0, 0.1) is 0 Å². The minimum Gasteiger partial charge on any atom is -0.468 e. The molecule has 1 N–H and O–H groups in total. The molecule has 2 aromatic rings. The highest BCUT2D eigenvalue weighted by Crippen LogP contribution is 2.18. The highest BCUT2D eigenvalue weighted by molar-refractivity contribution is 7.09. The van der Waals surface area contributed by atoms with Gasteiger partial charge < -0.3 is 15.0 Å². The van der Waals surface area contributed by atoms with E-state index in [1.165, 1.54) is 17.1 Å². The maximum absolute atomic E-state index is 12.3. The number of halogens is 3. The molecule has 0 fully saturated rings. The Bertz CT molecular complexity index is 720. The molecule has 0 aliphatic rings. The molecule has 9 heteroatoms. The molecule has 0 aliphatic carbocycles. The van der Waals surface area contributed by atoms with Crippen LogP contribution in [0.15, 0.2) is 40.8 Å². The van der Waals surface area contributed by atoms with Crippen LogP contribution in [0.4, 0.5) is 13.2 Å². The molecule has 2 aromatic heterocycles. The minimum absolute atomic E-state index is 0.0592. The number of rotatable bonds is 8. The zero-order valence-electron chi connectivity index (χ0n) is 15.3. The van der Waals surface area contributed by atoms with E-state index < -0.39 is 12.8 Å². The Morgan fingerprint density at radius 2 is 2.19 bits per heavy atom. The zero-order chi connectivity index (χ0) is 19.7. The molecule has 2 heterocycles. The number of aliphatic imine (C=N–C) groups is 1. The summed E-state index contributed by atoms with van der Waals surface area (Å²) in [5.74, 6) is 0.680. The maximum atomic E-state index is 12.3. The third kappa shape index (κ3) is 7.86. The number of thiophene rings is 1. The maximum Gasteiger partial charge on any atom is 0.422 e. The Morgan fingerprint density at radius 3 is 2.85 bits per heavy atom. The standard InChI is InChI=1S/C18H23F3N4OS/c1-3-22-17(25(2)9-7-15-5-4-10-27-15)24-12-14-6-8-23-16(11-14)26-13-18(19,20)21/h4-6,8,10-11H,3,7,9,12-13H2,1-2H3,(H,22,24). The molecule has 148 valence electrons. The van der Waals surface area contributed by atoms with Gasteiger partial charge in [-0.2, -0.15) is 13.2 Å². The van der Waals surface area contributed by atoms with Gasteiger partial charge in [0.05, 0.1) is 6.54 Å². The summed E-state index contributed by atoms with van der Waals surface area (Å²) in [6.45, 7) is 2.47. The van der Waals surface area contributed by atoms with Gasteiger partial charge in [0.25, 0.3) is 0 Å². The second-order valence-corrected chi connectivity index (χ2v) is 6.86. The van der Waals surface area contributed by atoms with Crippen LogP contribution >= 0.6 is 11.3 Å². The van der Waals surface area contributed by atoms with Crippen LogP contribution in [0.1, 0.15) is 17.4 Å². The number of hydrogen-bond donors (Lipinski definition) is 1. The van der Waals surface area contributed by atoms with Gasteiger partial charge >= 0.3 is 6.18 Å². The average molecular weight is 400 g/mol. The molecule has 27 heavy (non-hydrogen) atoms. The lowest BCUT2D eigenvalue weighted by Gasteiger charge is -2.21. The molecule has 2 rings (SSSR count). The van der Waals surface area contributed by atoms with E-state index in [9.17, 15) is 13.2 Å². The van der Waals surface area contributed by atoms with Crippen molar-refractivity contribution in [3.63, 3.8) is 0 Å². The van der Waals surface area contributed by atoms with Gasteiger partial charge in [0.15, 0.2) is 12.6 Å². The highest BCUT2D eigenvalue weighted by atomic mass is 32.1. The number of alkyl halides is 3. The summed E-state index contributed by atoms with van der Waals surface area (Å²) < 4.78 is 41.5. The topological polar surface area (TPSA) is 49.8 Å². The van der Waals surface area contributed by atoms with Gasteiger partial charge in [-0.05, 0) is 36.4 Å². The third-order valence-corrected chi connectivity index (χ3v) is 4.50. The van der Waals surface area contributed by atoms with Crippen LogP contribution in [0.2, 0.25) is 0 Å². The summed E-state index contributed by atoms with van der Waals surface area (Å²) in [6, 6.07) is 7.31. The first-order valence-corrected chi connectivity index (χ1v) is 9.41. The van der Waals surface area contributed by atoms with Crippen LogP contribution < -0.4 is 10.1 Å². The number of guanidine groups is 1. The first-order valence-electron chi connectivity index (χ1n) is 8.53. The fraction of sp³-hybridized carbons (Fsp3) is 0.444. The van der Waals surface area contributed by atoms with Gasteiger partial charge in [-0.25, -0.2) is 9.98 Å². The van der Waals surface area contributed by atoms with Crippen molar-refractivity contribution in [2.24, 2.45) is 4.99 Å². The smallest absolute Gasteiger partial charge is 0.422 e. The lowest BCUT2D eigenvalue weighted by atomic mass is 10.3. The Kier molecular flexibility index (Phi) is 7.90. The number of nitrogens with one attached hydrogen (secondary N) is 1. The van der Waals surface area contributed by atoms with Gasteiger partial charge in [0.2, 0.25) is 5.88 Å². The van der Waals surface area contributed by atoms with Gasteiger partial charge in [-0.1, -0.05) is 6.07 Å². The molecule has 0 unspecified atom stereocenters. The van der Waals surface area contributed by atoms with E-state index in [2.05, 4.69) is 31.5 Å². The lowest BCUT2D eigenvalue weighted by Crippen LogP contribution is -2.39. The molecule has 0 saturated heterocycles. The Balaban J connectivity index is 1.96. The van der Waals surface area contributed by atoms with Crippen LogP contribution in [0.3, 0.4) is 0 Å². The summed E-state index contributed by atoms with van der Waals surface area (Å²) in [7, 11) is 1.96. The highest BCUT2D eigenvalue weighted by Gasteiger charge is 2.28. The Hall–Kier alpha value is -2.29. The fourth-order valence-electron chi connectivity index (χ4n) is 2.26. The molecule has 0 radical (unpaired) electrons. The second-order valence-electron chi connectivity index (χ2n) is 5.83. The van der Waals surface area contributed by atoms with Crippen molar-refractivity contribution in [2.75, 3.05) is 26.7 Å². The number of ether oxygens (including phenoxy) is 1. The van der Waals surface area contributed by atoms with Crippen molar-refractivity contribution in [2.45, 2.75) is 26.1 Å². The molecule has 0 bridgehead atoms. The molecule has 0 saturated carbocycles. The van der Waals surface area contributed by atoms with E-state index in [-0.39, 0.29) is 5.88 Å². The van der Waals surface area contributed by atoms with Gasteiger partial charge in [0, 0.05) is 37.3 Å². The van der Waals surface area contributed by atoms with E-state index in [0.29, 0.717) is 6.54 Å². The summed E-state index contributed by atoms with van der Waals surface area (Å²) in [5, 5.41) is 5.28. The SMILES string of the molecule is CCNC(=NCc1ccnc(OCC(F)(F)F)c1)N(C)CCc1cccs1. The molecular formula is C18H23F3N4OS. The quantitative estimate of drug-likeness (QED) is 0.542. The number of aromatic nitrogens is 1. The number of pyridine rings is 1. The number of hydrogen-bond acceptors (Lipinski definition) is 4. The van der Waals surface area contributed by atoms with Crippen LogP contribution in [0.5, 0.6) is 5.88 Å². The Labute approximate surface area is 160 Å². The van der Waals surface area contributed by atoms with Crippen molar-refractivity contribution < 1.29 is 17.9 Å². The van der Waals surface area contributed by atoms with Crippen molar-refractivity contribution in [1.29, 1.82) is 0 Å². The molecule has 0 atom stereocenters. The average Bonchev–Trinajstić information content (AvgIpc) is 3.15. The fourth-order valence-corrected chi connectivity index (χ4v) is 2.96. The summed E-state index contributed by atoms with van der Waals surface area (Å²) >= 11 is 1.72. The predicted octanol–water partition coefficient (Wildman–Crippen LogP) is 3.72. The van der Waals surface area contributed by atoms with E-state index in [0.717, 1.165) is 31.0 Å². The largest absolute Gasteiger partial charge is 0.468 e. The van der Waals surface area contributed by atoms with Crippen molar-refractivity contribution in [3.05, 3.63) is 46.3 Å². The van der Waals surface area contributed by atoms with Gasteiger partial charge in [0.1, 0.15) is 0 Å². The van der Waals surface area contributed by atoms with Crippen molar-refractivity contribution >= 4 is 17.3 Å². The van der Waals surface area contributed by atoms with Crippen molar-refractivity contribution in [1.82, 2.24) is 15.2 Å². The summed E-state index contributed by atoms with van der Waals surface area (Å²) in [6.07, 6.45) is -2.05. The minimum atomic E-state index is -4.39. The van der Waals surface area contributed by atoms with E-state index in [1.54, 1.807) is 17.4 Å². The molecular weight excluding hydrogens is 377 g/mol. The molecule has 0 amide bonds. The first-order chi connectivity index (χ1) is 12.9. The van der Waals surface area contributed by atoms with E-state index in [4.69, 9.17) is 0 Å². The van der Waals surface area contributed by atoms with Gasteiger partial charge in [-0.15, -0.1) is 11.3 Å². The summed E-state index contributed by atoms with van der Waals surface area (Å²) in [4.78, 5) is 11.7. The molecule has 0 aromatic carbocycles. The number of likely N-dealkylation sites (N-methyl/N-ethyl adjacent to an activating group) is 1. The lowest BCUT2D eigenvalue weighted by molar-refractivity contribution is -0.154. The Morgan fingerprint density at radius 1 is 1.37 bits per heavy atom. The second kappa shape index (κ2) is 10.1. The zero-order valence-corrected chi connectivity index (χ0v) is 16.1. The molecule has 5 nitrogen and oxygen atoms in total. The predicted molar refractivity (Wildman–Crippen MR) is 101 cm³/mol. The van der Waals surface area contributed by atoms with E-state index in [1.807, 2.05) is 24.9 Å². The third-order valence-electron chi connectivity index (χ3n) is 3.56. The van der Waals surface area contributed by atoms with Crippen LogP contribution in [0.25, 0.3) is 0 Å². The number of nitrogens with zero attached hydrogens (tertiary/aromatic N) is 3. The van der Waals surface area contributed by atoms with Crippen molar-refractivity contribution in [3.8, 4) is 5.88 Å². The van der Waals surface area contributed by atoms with Gasteiger partial charge in [-0.3, -0.25) is 0 Å². The normalized spacial score (nSPS) is 12.1. The van der Waals surface area contributed by atoms with Crippen LogP contribution in [-0.4, -0.2) is 48.8 Å². The first kappa shape index (κ1) is 21.0. The molecule has 0 spiro atoms.